The van der Waals surface area contributed by atoms with Gasteiger partial charge in [0.2, 0.25) is 5.91 Å². The highest BCUT2D eigenvalue weighted by Crippen LogP contribution is 2.15. The number of amides is 2. The van der Waals surface area contributed by atoms with Gasteiger partial charge in [0.1, 0.15) is 12.2 Å². The van der Waals surface area contributed by atoms with E-state index in [1.54, 1.807) is 11.0 Å². The first kappa shape index (κ1) is 19.1. The molecular formula is C23H23N3O3. The number of hydrogen-bond acceptors (Lipinski definition) is 4. The monoisotopic (exact) mass is 389 g/mol. The SMILES string of the molecule is O=C1CN(C(=O)c2ccc3ccccc3n2)CC(O)CN1CCc1ccccc1. The Kier molecular flexibility index (Phi) is 5.53. The Morgan fingerprint density at radius 3 is 2.59 bits per heavy atom. The van der Waals surface area contributed by atoms with Crippen molar-refractivity contribution in [3.63, 3.8) is 0 Å². The minimum absolute atomic E-state index is 0.0564. The van der Waals surface area contributed by atoms with Gasteiger partial charge < -0.3 is 14.9 Å². The molecule has 1 saturated heterocycles. The number of fused-ring (bicyclic) bond motifs is 1. The topological polar surface area (TPSA) is 73.7 Å². The molecule has 3 aromatic rings. The summed E-state index contributed by atoms with van der Waals surface area (Å²) in [6, 6.07) is 21.0. The van der Waals surface area contributed by atoms with E-state index in [0.717, 1.165) is 16.5 Å². The number of benzene rings is 2. The second-order valence-electron chi connectivity index (χ2n) is 7.30. The van der Waals surface area contributed by atoms with Gasteiger partial charge in [-0.15, -0.1) is 0 Å². The number of carbonyl (C=O) groups excluding carboxylic acids is 2. The summed E-state index contributed by atoms with van der Waals surface area (Å²) < 4.78 is 0. The third-order valence-corrected chi connectivity index (χ3v) is 5.16. The lowest BCUT2D eigenvalue weighted by Gasteiger charge is -2.21. The number of para-hydroxylation sites is 1. The molecule has 0 aliphatic carbocycles. The molecule has 1 unspecified atom stereocenters. The number of nitrogens with zero attached hydrogens (tertiary/aromatic N) is 3. The number of pyridine rings is 1. The first-order valence-corrected chi connectivity index (χ1v) is 9.75. The predicted molar refractivity (Wildman–Crippen MR) is 110 cm³/mol. The van der Waals surface area contributed by atoms with Gasteiger partial charge in [0, 0.05) is 25.0 Å². The summed E-state index contributed by atoms with van der Waals surface area (Å²) in [4.78, 5) is 33.2. The Labute approximate surface area is 169 Å². The zero-order valence-electron chi connectivity index (χ0n) is 16.1. The Morgan fingerprint density at radius 2 is 1.76 bits per heavy atom. The van der Waals surface area contributed by atoms with E-state index in [2.05, 4.69) is 4.98 Å². The van der Waals surface area contributed by atoms with Crippen LogP contribution < -0.4 is 0 Å². The molecule has 0 saturated carbocycles. The van der Waals surface area contributed by atoms with Crippen LogP contribution in [0.3, 0.4) is 0 Å². The number of rotatable bonds is 4. The zero-order chi connectivity index (χ0) is 20.2. The molecule has 29 heavy (non-hydrogen) atoms. The van der Waals surface area contributed by atoms with E-state index in [4.69, 9.17) is 0 Å². The molecule has 1 aliphatic heterocycles. The molecule has 0 spiro atoms. The molecule has 0 radical (unpaired) electrons. The highest BCUT2D eigenvalue weighted by Gasteiger charge is 2.30. The molecule has 0 bridgehead atoms. The first-order valence-electron chi connectivity index (χ1n) is 9.75. The van der Waals surface area contributed by atoms with Crippen molar-refractivity contribution in [2.45, 2.75) is 12.5 Å². The summed E-state index contributed by atoms with van der Waals surface area (Å²) in [5.41, 5.74) is 2.14. The van der Waals surface area contributed by atoms with Crippen molar-refractivity contribution in [2.24, 2.45) is 0 Å². The number of aliphatic hydroxyl groups excluding tert-OH is 1. The number of aromatic nitrogens is 1. The lowest BCUT2D eigenvalue weighted by Crippen LogP contribution is -2.40. The molecule has 2 amide bonds. The van der Waals surface area contributed by atoms with Crippen molar-refractivity contribution in [1.29, 1.82) is 0 Å². The molecule has 1 aliphatic rings. The molecule has 1 atom stereocenters. The smallest absolute Gasteiger partial charge is 0.273 e. The van der Waals surface area contributed by atoms with E-state index >= 15 is 0 Å². The standard InChI is InChI=1S/C23H23N3O3/c27-19-14-25(13-12-17-6-2-1-3-7-17)22(28)16-26(15-19)23(29)21-11-10-18-8-4-5-9-20(18)24-21/h1-11,19,27H,12-16H2. The van der Waals surface area contributed by atoms with Crippen molar-refractivity contribution in [3.05, 3.63) is 78.0 Å². The fourth-order valence-electron chi connectivity index (χ4n) is 3.62. The number of β-amino-alcohol motifs (C(OH)–C–C–N with tert-alkyl or cyclic N) is 1. The zero-order valence-corrected chi connectivity index (χ0v) is 16.1. The van der Waals surface area contributed by atoms with Gasteiger partial charge in [-0.05, 0) is 24.1 Å². The second-order valence-corrected chi connectivity index (χ2v) is 7.30. The molecule has 2 heterocycles. The van der Waals surface area contributed by atoms with Crippen LogP contribution in [0.5, 0.6) is 0 Å². The van der Waals surface area contributed by atoms with Gasteiger partial charge in [0.05, 0.1) is 11.6 Å². The third kappa shape index (κ3) is 4.43. The Morgan fingerprint density at radius 1 is 1.00 bits per heavy atom. The number of carbonyl (C=O) groups is 2. The Bertz CT molecular complexity index is 1020. The first-order chi connectivity index (χ1) is 14.1. The lowest BCUT2D eigenvalue weighted by atomic mass is 10.1. The number of hydrogen-bond donors (Lipinski definition) is 1. The molecule has 6 nitrogen and oxygen atoms in total. The molecule has 1 N–H and O–H groups in total. The summed E-state index contributed by atoms with van der Waals surface area (Å²) in [6.07, 6.45) is -0.0823. The van der Waals surface area contributed by atoms with Crippen LogP contribution >= 0.6 is 0 Å². The van der Waals surface area contributed by atoms with E-state index in [1.165, 1.54) is 4.90 Å². The van der Waals surface area contributed by atoms with Gasteiger partial charge in [0.15, 0.2) is 0 Å². The molecule has 6 heteroatoms. The van der Waals surface area contributed by atoms with Crippen molar-refractivity contribution in [1.82, 2.24) is 14.8 Å². The van der Waals surface area contributed by atoms with Crippen molar-refractivity contribution in [2.75, 3.05) is 26.2 Å². The Hall–Kier alpha value is -3.25. The summed E-state index contributed by atoms with van der Waals surface area (Å²) in [7, 11) is 0. The van der Waals surface area contributed by atoms with E-state index in [9.17, 15) is 14.7 Å². The maximum absolute atomic E-state index is 13.0. The van der Waals surface area contributed by atoms with E-state index in [-0.39, 0.29) is 37.1 Å². The lowest BCUT2D eigenvalue weighted by molar-refractivity contribution is -0.131. The predicted octanol–water partition coefficient (Wildman–Crippen LogP) is 2.12. The third-order valence-electron chi connectivity index (χ3n) is 5.16. The quantitative estimate of drug-likeness (QED) is 0.742. The van der Waals surface area contributed by atoms with Gasteiger partial charge in [-0.25, -0.2) is 4.98 Å². The molecule has 1 fully saturated rings. The minimum atomic E-state index is -0.790. The van der Waals surface area contributed by atoms with E-state index in [0.29, 0.717) is 13.0 Å². The summed E-state index contributed by atoms with van der Waals surface area (Å²) in [6.45, 7) is 0.789. The van der Waals surface area contributed by atoms with Crippen molar-refractivity contribution in [3.8, 4) is 0 Å². The highest BCUT2D eigenvalue weighted by atomic mass is 16.3. The second kappa shape index (κ2) is 8.41. The van der Waals surface area contributed by atoms with Crippen LogP contribution in [0.2, 0.25) is 0 Å². The highest BCUT2D eigenvalue weighted by molar-refractivity contribution is 5.97. The fraction of sp³-hybridized carbons (Fsp3) is 0.261. The normalized spacial score (nSPS) is 17.4. The van der Waals surface area contributed by atoms with Gasteiger partial charge in [-0.1, -0.05) is 54.6 Å². The average Bonchev–Trinajstić information content (AvgIpc) is 2.89. The number of aliphatic hydroxyl groups is 1. The molecule has 2 aromatic carbocycles. The van der Waals surface area contributed by atoms with Gasteiger partial charge in [-0.3, -0.25) is 9.59 Å². The van der Waals surface area contributed by atoms with E-state index in [1.807, 2.05) is 60.7 Å². The largest absolute Gasteiger partial charge is 0.389 e. The van der Waals surface area contributed by atoms with Gasteiger partial charge in [-0.2, -0.15) is 0 Å². The maximum Gasteiger partial charge on any atom is 0.273 e. The molecule has 4 rings (SSSR count). The molecular weight excluding hydrogens is 366 g/mol. The average molecular weight is 389 g/mol. The van der Waals surface area contributed by atoms with Crippen LogP contribution in [0.1, 0.15) is 16.1 Å². The molecule has 1 aromatic heterocycles. The maximum atomic E-state index is 13.0. The van der Waals surface area contributed by atoms with Crippen LogP contribution in [-0.4, -0.2) is 64.0 Å². The Balaban J connectivity index is 1.47. The summed E-state index contributed by atoms with van der Waals surface area (Å²) in [5, 5.41) is 11.4. The van der Waals surface area contributed by atoms with E-state index < -0.39 is 6.10 Å². The fourth-order valence-corrected chi connectivity index (χ4v) is 3.62. The van der Waals surface area contributed by atoms with Crippen molar-refractivity contribution >= 4 is 22.7 Å². The van der Waals surface area contributed by atoms with Crippen LogP contribution in [0.4, 0.5) is 0 Å². The summed E-state index contributed by atoms with van der Waals surface area (Å²) >= 11 is 0. The van der Waals surface area contributed by atoms with Crippen molar-refractivity contribution < 1.29 is 14.7 Å². The van der Waals surface area contributed by atoms with Crippen LogP contribution in [0, 0.1) is 0 Å². The van der Waals surface area contributed by atoms with Gasteiger partial charge >= 0.3 is 0 Å². The van der Waals surface area contributed by atoms with Crippen LogP contribution in [0.25, 0.3) is 10.9 Å². The van der Waals surface area contributed by atoms with Crippen LogP contribution in [-0.2, 0) is 11.2 Å². The van der Waals surface area contributed by atoms with Crippen LogP contribution in [0.15, 0.2) is 66.7 Å². The minimum Gasteiger partial charge on any atom is -0.389 e. The molecule has 148 valence electrons. The summed E-state index contributed by atoms with van der Waals surface area (Å²) in [5.74, 6) is -0.500. The van der Waals surface area contributed by atoms with Gasteiger partial charge in [0.25, 0.3) is 5.91 Å².